The van der Waals surface area contributed by atoms with Gasteiger partial charge in [0.15, 0.2) is 6.61 Å². The number of amides is 1. The molecule has 0 bridgehead atoms. The molecule has 1 amide bonds. The highest BCUT2D eigenvalue weighted by molar-refractivity contribution is 6.34. The SMILES string of the molecule is O=C(COC(=O)/C=C/c1cccc([N+](=O)[O-])c1)Nc1ccc([N+](=O)[O-])cc1Cl. The van der Waals surface area contributed by atoms with Gasteiger partial charge in [0.05, 0.1) is 20.6 Å². The van der Waals surface area contributed by atoms with Gasteiger partial charge in [0, 0.05) is 30.3 Å². The van der Waals surface area contributed by atoms with Gasteiger partial charge in [-0.2, -0.15) is 0 Å². The Kier molecular flexibility index (Phi) is 6.77. The number of carbonyl (C=O) groups is 2. The van der Waals surface area contributed by atoms with Crippen LogP contribution in [0.3, 0.4) is 0 Å². The number of hydrogen-bond donors (Lipinski definition) is 1. The number of nitrogens with zero attached hydrogens (tertiary/aromatic N) is 2. The van der Waals surface area contributed by atoms with Gasteiger partial charge < -0.3 is 10.1 Å². The molecule has 11 heteroatoms. The number of nitrogens with one attached hydrogen (secondary N) is 1. The molecule has 0 heterocycles. The van der Waals surface area contributed by atoms with Gasteiger partial charge in [-0.3, -0.25) is 25.0 Å². The lowest BCUT2D eigenvalue weighted by Crippen LogP contribution is -2.20. The fourth-order valence-electron chi connectivity index (χ4n) is 2.00. The number of anilines is 1. The maximum absolute atomic E-state index is 11.8. The van der Waals surface area contributed by atoms with Crippen molar-refractivity contribution in [3.8, 4) is 0 Å². The molecule has 0 unspecified atom stereocenters. The summed E-state index contributed by atoms with van der Waals surface area (Å²) >= 11 is 5.85. The van der Waals surface area contributed by atoms with E-state index in [1.54, 1.807) is 6.07 Å². The number of rotatable bonds is 7. The van der Waals surface area contributed by atoms with Crippen LogP contribution in [0.15, 0.2) is 48.5 Å². The number of ether oxygens (including phenoxy) is 1. The number of hydrogen-bond acceptors (Lipinski definition) is 7. The van der Waals surface area contributed by atoms with Gasteiger partial charge in [-0.1, -0.05) is 23.7 Å². The van der Waals surface area contributed by atoms with E-state index < -0.39 is 28.3 Å². The number of benzene rings is 2. The third-order valence-corrected chi connectivity index (χ3v) is 3.59. The first-order chi connectivity index (χ1) is 13.3. The molecule has 0 saturated carbocycles. The highest BCUT2D eigenvalue weighted by Crippen LogP contribution is 2.26. The van der Waals surface area contributed by atoms with Gasteiger partial charge in [-0.25, -0.2) is 4.79 Å². The summed E-state index contributed by atoms with van der Waals surface area (Å²) in [5.41, 5.74) is 0.171. The average Bonchev–Trinajstić information content (AvgIpc) is 2.66. The van der Waals surface area contributed by atoms with E-state index in [1.165, 1.54) is 30.3 Å². The van der Waals surface area contributed by atoms with E-state index >= 15 is 0 Å². The molecular weight excluding hydrogens is 394 g/mol. The van der Waals surface area contributed by atoms with Crippen molar-refractivity contribution < 1.29 is 24.2 Å². The lowest BCUT2D eigenvalue weighted by Gasteiger charge is -2.07. The summed E-state index contributed by atoms with van der Waals surface area (Å²) in [7, 11) is 0. The second-order valence-electron chi connectivity index (χ2n) is 5.26. The van der Waals surface area contributed by atoms with E-state index in [2.05, 4.69) is 5.32 Å². The quantitative estimate of drug-likeness (QED) is 0.322. The Morgan fingerprint density at radius 3 is 2.39 bits per heavy atom. The third-order valence-electron chi connectivity index (χ3n) is 3.28. The fraction of sp³-hybridized carbons (Fsp3) is 0.0588. The van der Waals surface area contributed by atoms with Crippen molar-refractivity contribution in [2.75, 3.05) is 11.9 Å². The van der Waals surface area contributed by atoms with Crippen molar-refractivity contribution in [2.24, 2.45) is 0 Å². The fourth-order valence-corrected chi connectivity index (χ4v) is 2.22. The van der Waals surface area contributed by atoms with Gasteiger partial charge in [0.25, 0.3) is 17.3 Å². The zero-order chi connectivity index (χ0) is 20.7. The van der Waals surface area contributed by atoms with Crippen molar-refractivity contribution in [2.45, 2.75) is 0 Å². The summed E-state index contributed by atoms with van der Waals surface area (Å²) in [5.74, 6) is -1.54. The summed E-state index contributed by atoms with van der Waals surface area (Å²) in [6.45, 7) is -0.620. The predicted molar refractivity (Wildman–Crippen MR) is 99.8 cm³/mol. The summed E-state index contributed by atoms with van der Waals surface area (Å²) in [6, 6.07) is 9.09. The molecule has 0 spiro atoms. The normalized spacial score (nSPS) is 10.5. The molecule has 2 aromatic rings. The summed E-state index contributed by atoms with van der Waals surface area (Å²) in [5, 5.41) is 23.7. The molecule has 0 aliphatic heterocycles. The molecule has 0 radical (unpaired) electrons. The van der Waals surface area contributed by atoms with Gasteiger partial charge in [0.1, 0.15) is 0 Å². The Hall–Kier alpha value is -3.79. The Morgan fingerprint density at radius 2 is 1.75 bits per heavy atom. The van der Waals surface area contributed by atoms with Crippen LogP contribution >= 0.6 is 11.6 Å². The first-order valence-electron chi connectivity index (χ1n) is 7.59. The van der Waals surface area contributed by atoms with Crippen LogP contribution in [0.2, 0.25) is 5.02 Å². The van der Waals surface area contributed by atoms with Gasteiger partial charge >= 0.3 is 5.97 Å². The van der Waals surface area contributed by atoms with Crippen molar-refractivity contribution in [1.29, 1.82) is 0 Å². The largest absolute Gasteiger partial charge is 0.452 e. The number of nitro benzene ring substituents is 2. The molecule has 0 aliphatic rings. The minimum absolute atomic E-state index is 0.0422. The topological polar surface area (TPSA) is 142 Å². The monoisotopic (exact) mass is 405 g/mol. The highest BCUT2D eigenvalue weighted by atomic mass is 35.5. The minimum Gasteiger partial charge on any atom is -0.452 e. The molecule has 2 rings (SSSR count). The molecular formula is C17H12ClN3O7. The van der Waals surface area contributed by atoms with Crippen LogP contribution in [0, 0.1) is 20.2 Å². The van der Waals surface area contributed by atoms with Crippen LogP contribution < -0.4 is 5.32 Å². The molecule has 0 aromatic heterocycles. The zero-order valence-corrected chi connectivity index (χ0v) is 14.8. The van der Waals surface area contributed by atoms with Crippen LogP contribution in [0.5, 0.6) is 0 Å². The summed E-state index contributed by atoms with van der Waals surface area (Å²) < 4.78 is 4.75. The van der Waals surface area contributed by atoms with Crippen LogP contribution in [0.4, 0.5) is 17.1 Å². The molecule has 10 nitrogen and oxygen atoms in total. The molecule has 28 heavy (non-hydrogen) atoms. The highest BCUT2D eigenvalue weighted by Gasteiger charge is 2.12. The maximum Gasteiger partial charge on any atom is 0.331 e. The Bertz CT molecular complexity index is 975. The number of nitro groups is 2. The standard InChI is InChI=1S/C17H12ClN3O7/c18-14-9-13(21(26)27)5-6-15(14)19-16(22)10-28-17(23)7-4-11-2-1-3-12(8-11)20(24)25/h1-9H,10H2,(H,19,22)/b7-4+. The predicted octanol–water partition coefficient (Wildman–Crippen LogP) is 3.35. The van der Waals surface area contributed by atoms with Crippen molar-refractivity contribution in [1.82, 2.24) is 0 Å². The average molecular weight is 406 g/mol. The Balaban J connectivity index is 1.89. The van der Waals surface area contributed by atoms with E-state index in [0.717, 1.165) is 18.2 Å². The van der Waals surface area contributed by atoms with Crippen molar-refractivity contribution >= 4 is 46.6 Å². The van der Waals surface area contributed by atoms with E-state index in [-0.39, 0.29) is 22.1 Å². The van der Waals surface area contributed by atoms with Crippen LogP contribution in [-0.2, 0) is 14.3 Å². The molecule has 0 aliphatic carbocycles. The summed E-state index contributed by atoms with van der Waals surface area (Å²) in [6.07, 6.45) is 2.33. The number of esters is 1. The Morgan fingerprint density at radius 1 is 1.07 bits per heavy atom. The van der Waals surface area contributed by atoms with E-state index in [1.807, 2.05) is 0 Å². The van der Waals surface area contributed by atoms with Crippen LogP contribution in [-0.4, -0.2) is 28.3 Å². The number of carbonyl (C=O) groups excluding carboxylic acids is 2. The number of non-ortho nitro benzene ring substituents is 2. The van der Waals surface area contributed by atoms with E-state index in [4.69, 9.17) is 16.3 Å². The molecule has 144 valence electrons. The molecule has 0 saturated heterocycles. The lowest BCUT2D eigenvalue weighted by atomic mass is 10.2. The number of halogens is 1. The molecule has 0 fully saturated rings. The second-order valence-corrected chi connectivity index (χ2v) is 5.67. The smallest absolute Gasteiger partial charge is 0.331 e. The van der Waals surface area contributed by atoms with Gasteiger partial charge in [-0.15, -0.1) is 0 Å². The van der Waals surface area contributed by atoms with Gasteiger partial charge in [-0.05, 0) is 17.7 Å². The maximum atomic E-state index is 11.8. The van der Waals surface area contributed by atoms with Crippen molar-refractivity contribution in [3.05, 3.63) is 79.4 Å². The van der Waals surface area contributed by atoms with E-state index in [9.17, 15) is 29.8 Å². The molecule has 1 N–H and O–H groups in total. The first kappa shape index (κ1) is 20.5. The lowest BCUT2D eigenvalue weighted by molar-refractivity contribution is -0.385. The first-order valence-corrected chi connectivity index (χ1v) is 7.97. The van der Waals surface area contributed by atoms with Crippen LogP contribution in [0.25, 0.3) is 6.08 Å². The van der Waals surface area contributed by atoms with Gasteiger partial charge in [0.2, 0.25) is 0 Å². The molecule has 0 atom stereocenters. The van der Waals surface area contributed by atoms with Crippen molar-refractivity contribution in [3.63, 3.8) is 0 Å². The minimum atomic E-state index is -0.837. The molecule has 2 aromatic carbocycles. The zero-order valence-electron chi connectivity index (χ0n) is 14.0. The third kappa shape index (κ3) is 5.88. The second kappa shape index (κ2) is 9.24. The van der Waals surface area contributed by atoms with E-state index in [0.29, 0.717) is 5.56 Å². The Labute approximate surface area is 162 Å². The van der Waals surface area contributed by atoms with Crippen LogP contribution in [0.1, 0.15) is 5.56 Å². The summed E-state index contributed by atoms with van der Waals surface area (Å²) in [4.78, 5) is 43.6.